The van der Waals surface area contributed by atoms with Crippen LogP contribution in [-0.2, 0) is 10.0 Å². The van der Waals surface area contributed by atoms with Gasteiger partial charge in [0.05, 0.1) is 12.0 Å². The highest BCUT2D eigenvalue weighted by atomic mass is 32.2. The van der Waals surface area contributed by atoms with Crippen molar-refractivity contribution in [3.8, 4) is 5.75 Å². The Morgan fingerprint density at radius 1 is 1.25 bits per heavy atom. The van der Waals surface area contributed by atoms with Crippen LogP contribution in [0.25, 0.3) is 0 Å². The van der Waals surface area contributed by atoms with Crippen molar-refractivity contribution < 1.29 is 18.3 Å². The summed E-state index contributed by atoms with van der Waals surface area (Å²) in [5.74, 6) is 0.634. The highest BCUT2D eigenvalue weighted by Gasteiger charge is 2.24. The number of rotatable bonds is 6. The molecule has 0 heterocycles. The van der Waals surface area contributed by atoms with Crippen LogP contribution in [0.4, 0.5) is 0 Å². The molecular formula is C14H23NO4S. The topological polar surface area (TPSA) is 75.6 Å². The Hall–Kier alpha value is -1.11. The molecule has 0 bridgehead atoms. The van der Waals surface area contributed by atoms with E-state index in [0.29, 0.717) is 16.9 Å². The van der Waals surface area contributed by atoms with Crippen LogP contribution >= 0.6 is 0 Å². The molecule has 0 fully saturated rings. The van der Waals surface area contributed by atoms with Crippen LogP contribution in [0.5, 0.6) is 5.75 Å². The Labute approximate surface area is 121 Å². The summed E-state index contributed by atoms with van der Waals surface area (Å²) in [6, 6.07) is 3.39. The van der Waals surface area contributed by atoms with Crippen molar-refractivity contribution in [1.82, 2.24) is 4.72 Å². The van der Waals surface area contributed by atoms with Crippen molar-refractivity contribution in [2.75, 3.05) is 20.3 Å². The number of benzene rings is 1. The normalized spacial score (nSPS) is 12.5. The van der Waals surface area contributed by atoms with Gasteiger partial charge >= 0.3 is 0 Å². The smallest absolute Gasteiger partial charge is 0.241 e. The third-order valence-corrected chi connectivity index (χ3v) is 4.81. The molecule has 2 N–H and O–H groups in total. The van der Waals surface area contributed by atoms with Crippen molar-refractivity contribution in [2.24, 2.45) is 5.41 Å². The molecule has 0 saturated heterocycles. The molecule has 114 valence electrons. The predicted molar refractivity (Wildman–Crippen MR) is 78.5 cm³/mol. The van der Waals surface area contributed by atoms with Gasteiger partial charge in [0.2, 0.25) is 10.0 Å². The zero-order valence-electron chi connectivity index (χ0n) is 12.6. The molecule has 0 aliphatic carbocycles. The van der Waals surface area contributed by atoms with Crippen molar-refractivity contribution in [1.29, 1.82) is 0 Å². The minimum Gasteiger partial charge on any atom is -0.497 e. The minimum atomic E-state index is -3.61. The maximum absolute atomic E-state index is 12.4. The third-order valence-electron chi connectivity index (χ3n) is 3.11. The lowest BCUT2D eigenvalue weighted by molar-refractivity contribution is 0.163. The first kappa shape index (κ1) is 16.9. The van der Waals surface area contributed by atoms with Gasteiger partial charge in [0, 0.05) is 18.6 Å². The molecule has 0 aliphatic rings. The molecule has 1 aromatic rings. The quantitative estimate of drug-likeness (QED) is 0.837. The fourth-order valence-corrected chi connectivity index (χ4v) is 3.56. The SMILES string of the molecule is COc1cc(C)c(S(=O)(=O)NCC(C)(C)CO)c(C)c1. The first-order valence-corrected chi connectivity index (χ1v) is 7.87. The van der Waals surface area contributed by atoms with Gasteiger partial charge < -0.3 is 9.84 Å². The van der Waals surface area contributed by atoms with Crippen LogP contribution < -0.4 is 9.46 Å². The first-order valence-electron chi connectivity index (χ1n) is 6.39. The molecular weight excluding hydrogens is 278 g/mol. The lowest BCUT2D eigenvalue weighted by Crippen LogP contribution is -2.36. The Balaban J connectivity index is 3.11. The number of nitrogens with one attached hydrogen (secondary N) is 1. The molecule has 5 nitrogen and oxygen atoms in total. The molecule has 6 heteroatoms. The fourth-order valence-electron chi connectivity index (χ4n) is 1.87. The number of aryl methyl sites for hydroxylation is 2. The molecule has 0 atom stereocenters. The zero-order chi connectivity index (χ0) is 15.6. The lowest BCUT2D eigenvalue weighted by atomic mass is 9.96. The molecule has 0 saturated carbocycles. The van der Waals surface area contributed by atoms with Gasteiger partial charge in [-0.1, -0.05) is 13.8 Å². The number of hydrogen-bond donors (Lipinski definition) is 2. The van der Waals surface area contributed by atoms with Gasteiger partial charge in [-0.15, -0.1) is 0 Å². The summed E-state index contributed by atoms with van der Waals surface area (Å²) in [5.41, 5.74) is 0.772. The van der Waals surface area contributed by atoms with E-state index >= 15 is 0 Å². The van der Waals surface area contributed by atoms with Crippen LogP contribution in [0.3, 0.4) is 0 Å². The summed E-state index contributed by atoms with van der Waals surface area (Å²) in [4.78, 5) is 0.270. The number of aliphatic hydroxyl groups is 1. The van der Waals surface area contributed by atoms with Gasteiger partial charge in [-0.2, -0.15) is 0 Å². The standard InChI is InChI=1S/C14H23NO4S/c1-10-6-12(19-5)7-11(2)13(10)20(17,18)15-8-14(3,4)9-16/h6-7,15-16H,8-9H2,1-5H3. The summed E-state index contributed by atoms with van der Waals surface area (Å²) < 4.78 is 32.5. The largest absolute Gasteiger partial charge is 0.497 e. The van der Waals surface area contributed by atoms with Crippen molar-refractivity contribution in [2.45, 2.75) is 32.6 Å². The summed E-state index contributed by atoms with van der Waals surface area (Å²) in [6.45, 7) is 7.15. The van der Waals surface area contributed by atoms with Gasteiger partial charge in [-0.25, -0.2) is 13.1 Å². The molecule has 0 aromatic heterocycles. The van der Waals surface area contributed by atoms with E-state index in [-0.39, 0.29) is 18.0 Å². The number of methoxy groups -OCH3 is 1. The van der Waals surface area contributed by atoms with Crippen LogP contribution in [0.15, 0.2) is 17.0 Å². The van der Waals surface area contributed by atoms with Crippen molar-refractivity contribution in [3.05, 3.63) is 23.3 Å². The van der Waals surface area contributed by atoms with Crippen LogP contribution in [-0.4, -0.2) is 33.8 Å². The predicted octanol–water partition coefficient (Wildman–Crippen LogP) is 1.61. The van der Waals surface area contributed by atoms with E-state index in [2.05, 4.69) is 4.72 Å². The van der Waals surface area contributed by atoms with E-state index in [9.17, 15) is 13.5 Å². The lowest BCUT2D eigenvalue weighted by Gasteiger charge is -2.22. The van der Waals surface area contributed by atoms with E-state index < -0.39 is 15.4 Å². The fraction of sp³-hybridized carbons (Fsp3) is 0.571. The van der Waals surface area contributed by atoms with Crippen LogP contribution in [0.1, 0.15) is 25.0 Å². The highest BCUT2D eigenvalue weighted by Crippen LogP contribution is 2.26. The molecule has 0 unspecified atom stereocenters. The van der Waals surface area contributed by atoms with Crippen molar-refractivity contribution >= 4 is 10.0 Å². The number of aliphatic hydroxyl groups excluding tert-OH is 1. The summed E-state index contributed by atoms with van der Waals surface area (Å²) >= 11 is 0. The monoisotopic (exact) mass is 301 g/mol. The second-order valence-corrected chi connectivity index (χ2v) is 7.44. The molecule has 0 radical (unpaired) electrons. The molecule has 0 aliphatic heterocycles. The molecule has 1 aromatic carbocycles. The number of ether oxygens (including phenoxy) is 1. The van der Waals surface area contributed by atoms with E-state index in [1.807, 2.05) is 0 Å². The number of sulfonamides is 1. The molecule has 0 spiro atoms. The Kier molecular flexibility index (Phi) is 5.18. The Bertz CT molecular complexity index is 556. The molecule has 1 rings (SSSR count). The minimum absolute atomic E-state index is 0.0872. The van der Waals surface area contributed by atoms with Crippen LogP contribution in [0.2, 0.25) is 0 Å². The average Bonchev–Trinajstić information content (AvgIpc) is 2.35. The Morgan fingerprint density at radius 2 is 1.75 bits per heavy atom. The van der Waals surface area contributed by atoms with Gasteiger partial charge in [-0.3, -0.25) is 0 Å². The van der Waals surface area contributed by atoms with E-state index in [4.69, 9.17) is 4.74 Å². The van der Waals surface area contributed by atoms with Gasteiger partial charge in [0.1, 0.15) is 5.75 Å². The van der Waals surface area contributed by atoms with Gasteiger partial charge in [0.15, 0.2) is 0 Å². The van der Waals surface area contributed by atoms with E-state index in [1.54, 1.807) is 46.9 Å². The maximum Gasteiger partial charge on any atom is 0.241 e. The van der Waals surface area contributed by atoms with Crippen molar-refractivity contribution in [3.63, 3.8) is 0 Å². The second kappa shape index (κ2) is 6.11. The zero-order valence-corrected chi connectivity index (χ0v) is 13.5. The Morgan fingerprint density at radius 3 is 2.15 bits per heavy atom. The van der Waals surface area contributed by atoms with E-state index in [1.165, 1.54) is 0 Å². The highest BCUT2D eigenvalue weighted by molar-refractivity contribution is 7.89. The number of hydrogen-bond acceptors (Lipinski definition) is 4. The summed E-state index contributed by atoms with van der Waals surface area (Å²) in [5, 5.41) is 9.19. The van der Waals surface area contributed by atoms with Gasteiger partial charge in [0.25, 0.3) is 0 Å². The maximum atomic E-state index is 12.4. The summed E-state index contributed by atoms with van der Waals surface area (Å²) in [6.07, 6.45) is 0. The summed E-state index contributed by atoms with van der Waals surface area (Å²) in [7, 11) is -2.06. The van der Waals surface area contributed by atoms with E-state index in [0.717, 1.165) is 0 Å². The van der Waals surface area contributed by atoms with Gasteiger partial charge in [-0.05, 0) is 37.1 Å². The molecule has 0 amide bonds. The van der Waals surface area contributed by atoms with Crippen LogP contribution in [0, 0.1) is 19.3 Å². The average molecular weight is 301 g/mol. The third kappa shape index (κ3) is 3.94. The first-order chi connectivity index (χ1) is 9.13. The second-order valence-electron chi connectivity index (χ2n) is 5.74. The molecule has 20 heavy (non-hydrogen) atoms.